The fourth-order valence-electron chi connectivity index (χ4n) is 3.42. The van der Waals surface area contributed by atoms with Gasteiger partial charge in [0, 0.05) is 10.7 Å². The highest BCUT2D eigenvalue weighted by molar-refractivity contribution is 14.1. The van der Waals surface area contributed by atoms with E-state index in [0.717, 1.165) is 42.8 Å². The highest BCUT2D eigenvalue weighted by Gasteiger charge is 2.23. The van der Waals surface area contributed by atoms with E-state index in [-0.39, 0.29) is 16.6 Å². The van der Waals surface area contributed by atoms with Gasteiger partial charge in [0.05, 0.1) is 10.5 Å². The standard InChI is InChI=1S/C19H17I3O5S/c20-12-8-15(18(22)16(21)9-12)19(23)27-13-6-7-17(28(24,25)26)14(10-13)11-4-2-1-3-5-11/h6-11H,1-5H2,(H,24,25,26)/p-1. The van der Waals surface area contributed by atoms with Crippen LogP contribution in [-0.4, -0.2) is 18.9 Å². The van der Waals surface area contributed by atoms with Gasteiger partial charge in [0.25, 0.3) is 0 Å². The van der Waals surface area contributed by atoms with Crippen LogP contribution in [0.3, 0.4) is 0 Å². The molecule has 1 aliphatic carbocycles. The number of carbonyl (C=O) groups is 1. The molecule has 0 N–H and O–H groups in total. The lowest BCUT2D eigenvalue weighted by Gasteiger charge is -2.25. The molecule has 1 fully saturated rings. The zero-order chi connectivity index (χ0) is 20.5. The Hall–Kier alpha value is 0.0100. The van der Waals surface area contributed by atoms with Crippen LogP contribution in [-0.2, 0) is 10.1 Å². The number of benzene rings is 2. The van der Waals surface area contributed by atoms with Crippen LogP contribution in [0.2, 0.25) is 0 Å². The quantitative estimate of drug-likeness (QED) is 0.133. The fraction of sp³-hybridized carbons (Fsp3) is 0.316. The molecule has 0 saturated heterocycles. The first kappa shape index (κ1) is 22.7. The molecule has 0 bridgehead atoms. The van der Waals surface area contributed by atoms with Crippen molar-refractivity contribution in [2.24, 2.45) is 0 Å². The molecule has 1 saturated carbocycles. The number of rotatable bonds is 4. The number of carbonyl (C=O) groups excluding carboxylic acids is 1. The minimum Gasteiger partial charge on any atom is -0.744 e. The Bertz CT molecular complexity index is 1010. The second-order valence-corrected chi connectivity index (χ2v) is 11.5. The van der Waals surface area contributed by atoms with Gasteiger partial charge in [0.15, 0.2) is 0 Å². The van der Waals surface area contributed by atoms with E-state index in [1.807, 2.05) is 6.07 Å². The number of hydrogen-bond acceptors (Lipinski definition) is 5. The van der Waals surface area contributed by atoms with E-state index in [1.54, 1.807) is 12.1 Å². The molecule has 0 heterocycles. The maximum absolute atomic E-state index is 12.7. The van der Waals surface area contributed by atoms with Gasteiger partial charge in [-0.1, -0.05) is 19.3 Å². The molecule has 0 aromatic heterocycles. The molecular weight excluding hydrogens is 721 g/mol. The Kier molecular flexibility index (Phi) is 7.64. The molecule has 150 valence electrons. The summed E-state index contributed by atoms with van der Waals surface area (Å²) < 4.78 is 43.3. The monoisotopic (exact) mass is 737 g/mol. The summed E-state index contributed by atoms with van der Waals surface area (Å²) in [5, 5.41) is 0. The normalized spacial score (nSPS) is 15.4. The van der Waals surface area contributed by atoms with E-state index in [4.69, 9.17) is 4.74 Å². The van der Waals surface area contributed by atoms with Gasteiger partial charge in [-0.05, 0) is 122 Å². The van der Waals surface area contributed by atoms with Crippen LogP contribution in [0.5, 0.6) is 5.75 Å². The zero-order valence-corrected chi connectivity index (χ0v) is 21.9. The Morgan fingerprint density at radius 2 is 1.71 bits per heavy atom. The van der Waals surface area contributed by atoms with Gasteiger partial charge < -0.3 is 9.29 Å². The van der Waals surface area contributed by atoms with Crippen LogP contribution in [0.1, 0.15) is 53.9 Å². The maximum Gasteiger partial charge on any atom is 0.344 e. The van der Waals surface area contributed by atoms with Crippen LogP contribution >= 0.6 is 67.8 Å². The van der Waals surface area contributed by atoms with Crippen molar-refractivity contribution in [1.29, 1.82) is 0 Å². The minimum absolute atomic E-state index is 0.00937. The van der Waals surface area contributed by atoms with Gasteiger partial charge in [-0.25, -0.2) is 13.2 Å². The average molecular weight is 737 g/mol. The molecule has 0 radical (unpaired) electrons. The number of hydrogen-bond donors (Lipinski definition) is 0. The Balaban J connectivity index is 1.96. The molecule has 0 amide bonds. The van der Waals surface area contributed by atoms with Crippen molar-refractivity contribution in [1.82, 2.24) is 0 Å². The Labute approximate surface area is 205 Å². The Morgan fingerprint density at radius 1 is 1.04 bits per heavy atom. The summed E-state index contributed by atoms with van der Waals surface area (Å²) in [6.07, 6.45) is 4.74. The predicted molar refractivity (Wildman–Crippen MR) is 130 cm³/mol. The van der Waals surface area contributed by atoms with Crippen molar-refractivity contribution in [3.05, 3.63) is 52.2 Å². The third kappa shape index (κ3) is 5.38. The lowest BCUT2D eigenvalue weighted by molar-refractivity contribution is 0.0733. The molecule has 0 aliphatic heterocycles. The van der Waals surface area contributed by atoms with E-state index < -0.39 is 16.1 Å². The molecular formula is C19H16I3O5S-. The highest BCUT2D eigenvalue weighted by atomic mass is 127. The van der Waals surface area contributed by atoms with Crippen LogP contribution in [0.25, 0.3) is 0 Å². The SMILES string of the molecule is O=C(Oc1ccc(S(=O)(=O)[O-])c(C2CCCCC2)c1)c1cc(I)cc(I)c1I. The summed E-state index contributed by atoms with van der Waals surface area (Å²) in [7, 11) is -4.59. The summed E-state index contributed by atoms with van der Waals surface area (Å²) in [4.78, 5) is 12.5. The largest absolute Gasteiger partial charge is 0.744 e. The van der Waals surface area contributed by atoms with Crippen molar-refractivity contribution in [2.75, 3.05) is 0 Å². The third-order valence-electron chi connectivity index (χ3n) is 4.72. The molecule has 5 nitrogen and oxygen atoms in total. The summed E-state index contributed by atoms with van der Waals surface area (Å²) in [5.74, 6) is -0.263. The molecule has 0 unspecified atom stereocenters. The summed E-state index contributed by atoms with van der Waals surface area (Å²) in [6.45, 7) is 0. The fourth-order valence-corrected chi connectivity index (χ4v) is 6.54. The minimum atomic E-state index is -4.59. The van der Waals surface area contributed by atoms with Gasteiger partial charge in [-0.2, -0.15) is 0 Å². The van der Waals surface area contributed by atoms with Crippen LogP contribution < -0.4 is 4.74 Å². The molecule has 1 aliphatic rings. The molecule has 0 spiro atoms. The zero-order valence-electron chi connectivity index (χ0n) is 14.6. The van der Waals surface area contributed by atoms with E-state index in [9.17, 15) is 17.8 Å². The summed E-state index contributed by atoms with van der Waals surface area (Å²) in [5.41, 5.74) is 0.920. The molecule has 3 rings (SSSR count). The molecule has 2 aromatic rings. The van der Waals surface area contributed by atoms with E-state index >= 15 is 0 Å². The van der Waals surface area contributed by atoms with Crippen molar-refractivity contribution in [3.63, 3.8) is 0 Å². The van der Waals surface area contributed by atoms with Crippen molar-refractivity contribution in [2.45, 2.75) is 42.9 Å². The summed E-state index contributed by atoms with van der Waals surface area (Å²) in [6, 6.07) is 7.91. The number of halogens is 3. The second kappa shape index (κ2) is 9.43. The van der Waals surface area contributed by atoms with Gasteiger partial charge in [-0.3, -0.25) is 0 Å². The third-order valence-corrected chi connectivity index (χ3v) is 9.30. The first-order valence-electron chi connectivity index (χ1n) is 8.63. The van der Waals surface area contributed by atoms with E-state index in [2.05, 4.69) is 67.8 Å². The molecule has 9 heteroatoms. The highest BCUT2D eigenvalue weighted by Crippen LogP contribution is 2.38. The first-order chi connectivity index (χ1) is 13.2. The van der Waals surface area contributed by atoms with Crippen LogP contribution in [0, 0.1) is 10.7 Å². The first-order valence-corrected chi connectivity index (χ1v) is 13.3. The summed E-state index contributed by atoms with van der Waals surface area (Å²) >= 11 is 6.41. The maximum atomic E-state index is 12.7. The lowest BCUT2D eigenvalue weighted by atomic mass is 9.84. The van der Waals surface area contributed by atoms with Crippen LogP contribution in [0.4, 0.5) is 0 Å². The van der Waals surface area contributed by atoms with Crippen LogP contribution in [0.15, 0.2) is 35.2 Å². The van der Waals surface area contributed by atoms with Crippen molar-refractivity contribution >= 4 is 83.9 Å². The number of ether oxygens (including phenoxy) is 1. The molecule has 0 atom stereocenters. The average Bonchev–Trinajstić information content (AvgIpc) is 2.64. The smallest absolute Gasteiger partial charge is 0.344 e. The Morgan fingerprint density at radius 3 is 2.36 bits per heavy atom. The topological polar surface area (TPSA) is 83.5 Å². The van der Waals surface area contributed by atoms with Gasteiger partial charge >= 0.3 is 5.97 Å². The van der Waals surface area contributed by atoms with Gasteiger partial charge in [0.2, 0.25) is 0 Å². The van der Waals surface area contributed by atoms with Crippen molar-refractivity contribution < 1.29 is 22.5 Å². The second-order valence-electron chi connectivity index (χ2n) is 6.63. The van der Waals surface area contributed by atoms with E-state index in [1.165, 1.54) is 12.1 Å². The lowest BCUT2D eigenvalue weighted by Crippen LogP contribution is -2.14. The molecule has 28 heavy (non-hydrogen) atoms. The van der Waals surface area contributed by atoms with Gasteiger partial charge in [-0.15, -0.1) is 0 Å². The molecule has 2 aromatic carbocycles. The number of esters is 1. The predicted octanol–water partition coefficient (Wildman–Crippen LogP) is 5.67. The van der Waals surface area contributed by atoms with Crippen molar-refractivity contribution in [3.8, 4) is 5.75 Å². The van der Waals surface area contributed by atoms with E-state index in [0.29, 0.717) is 11.1 Å². The van der Waals surface area contributed by atoms with Gasteiger partial charge in [0.1, 0.15) is 15.9 Å².